The van der Waals surface area contributed by atoms with Gasteiger partial charge in [-0.25, -0.2) is 9.69 Å². The van der Waals surface area contributed by atoms with E-state index in [1.54, 1.807) is 30.3 Å². The fourth-order valence-electron chi connectivity index (χ4n) is 3.02. The van der Waals surface area contributed by atoms with Crippen LogP contribution in [0.3, 0.4) is 0 Å². The van der Waals surface area contributed by atoms with Crippen molar-refractivity contribution < 1.29 is 14.3 Å². The number of amides is 3. The average molecular weight is 610 g/mol. The number of imide groups is 1. The van der Waals surface area contributed by atoms with Crippen LogP contribution in [0.5, 0.6) is 5.75 Å². The molecule has 3 aromatic carbocycles. The Balaban J connectivity index is 1.59. The summed E-state index contributed by atoms with van der Waals surface area (Å²) in [5.41, 5.74) is 2.31. The second-order valence-corrected chi connectivity index (χ2v) is 9.30. The van der Waals surface area contributed by atoms with Crippen molar-refractivity contribution in [1.29, 1.82) is 0 Å². The van der Waals surface area contributed by atoms with Crippen LogP contribution in [0.4, 0.5) is 10.5 Å². The molecule has 0 aromatic heterocycles. The lowest BCUT2D eigenvalue weighted by Crippen LogP contribution is -2.30. The number of nitrogens with zero attached hydrogens (tertiary/aromatic N) is 1. The van der Waals surface area contributed by atoms with E-state index in [0.717, 1.165) is 18.5 Å². The van der Waals surface area contributed by atoms with Crippen LogP contribution < -0.4 is 15.0 Å². The van der Waals surface area contributed by atoms with Crippen molar-refractivity contribution in [3.8, 4) is 5.75 Å². The van der Waals surface area contributed by atoms with Crippen LogP contribution >= 0.6 is 50.1 Å². The molecule has 1 aliphatic heterocycles. The summed E-state index contributed by atoms with van der Waals surface area (Å²) < 4.78 is 7.97. The number of rotatable bonds is 5. The number of urea groups is 1. The first kappa shape index (κ1) is 21.9. The third kappa shape index (κ3) is 5.11. The van der Waals surface area contributed by atoms with Gasteiger partial charge in [-0.05, 0) is 88.8 Å². The van der Waals surface area contributed by atoms with E-state index in [1.807, 2.05) is 42.5 Å². The second-order valence-electron chi connectivity index (χ2n) is 6.70. The number of hydrogen-bond acceptors (Lipinski definition) is 3. The van der Waals surface area contributed by atoms with Gasteiger partial charge >= 0.3 is 6.03 Å². The Morgan fingerprint density at radius 3 is 2.45 bits per heavy atom. The van der Waals surface area contributed by atoms with Crippen molar-refractivity contribution in [3.05, 3.63) is 96.6 Å². The third-order valence-corrected chi connectivity index (χ3v) is 6.01. The Labute approximate surface area is 206 Å². The van der Waals surface area contributed by atoms with Crippen molar-refractivity contribution in [1.82, 2.24) is 5.32 Å². The summed E-state index contributed by atoms with van der Waals surface area (Å²) in [6.45, 7) is 0.381. The highest BCUT2D eigenvalue weighted by molar-refractivity contribution is 14.1. The summed E-state index contributed by atoms with van der Waals surface area (Å²) in [5.74, 6) is 0.150. The Morgan fingerprint density at radius 2 is 1.74 bits per heavy atom. The van der Waals surface area contributed by atoms with E-state index in [2.05, 4.69) is 43.8 Å². The van der Waals surface area contributed by atoms with Gasteiger partial charge in [-0.15, -0.1) is 0 Å². The molecular weight excluding hydrogens is 595 g/mol. The summed E-state index contributed by atoms with van der Waals surface area (Å²) in [6, 6.07) is 19.5. The van der Waals surface area contributed by atoms with Gasteiger partial charge < -0.3 is 10.1 Å². The maximum atomic E-state index is 12.9. The zero-order valence-corrected chi connectivity index (χ0v) is 20.4. The molecule has 0 spiro atoms. The van der Waals surface area contributed by atoms with E-state index in [9.17, 15) is 9.59 Å². The van der Waals surface area contributed by atoms with Crippen LogP contribution in [0.2, 0.25) is 5.02 Å². The predicted molar refractivity (Wildman–Crippen MR) is 133 cm³/mol. The van der Waals surface area contributed by atoms with Crippen molar-refractivity contribution in [2.75, 3.05) is 4.90 Å². The minimum absolute atomic E-state index is 0.164. The lowest BCUT2D eigenvalue weighted by molar-refractivity contribution is -0.113. The highest BCUT2D eigenvalue weighted by Crippen LogP contribution is 2.29. The van der Waals surface area contributed by atoms with Crippen LogP contribution in [-0.2, 0) is 11.4 Å². The fraction of sp³-hybridized carbons (Fsp3) is 0.0435. The molecule has 0 unspecified atom stereocenters. The molecule has 1 N–H and O–H groups in total. The number of anilines is 1. The van der Waals surface area contributed by atoms with Gasteiger partial charge in [-0.2, -0.15) is 0 Å². The molecule has 1 saturated heterocycles. The smallest absolute Gasteiger partial charge is 0.333 e. The SMILES string of the molecule is O=C1N/C(=C/c2cc(Br)ccc2OCc2ccc(I)cc2)C(=O)N1c1ccc(Cl)cc1. The van der Waals surface area contributed by atoms with Crippen molar-refractivity contribution in [2.24, 2.45) is 0 Å². The Bertz CT molecular complexity index is 1180. The lowest BCUT2D eigenvalue weighted by Gasteiger charge is -2.12. The molecule has 4 rings (SSSR count). The number of hydrogen-bond donors (Lipinski definition) is 1. The molecule has 1 fully saturated rings. The monoisotopic (exact) mass is 608 g/mol. The average Bonchev–Trinajstić information content (AvgIpc) is 3.02. The zero-order valence-electron chi connectivity index (χ0n) is 15.9. The molecule has 3 amide bonds. The number of carbonyl (C=O) groups is 2. The Morgan fingerprint density at radius 1 is 1.03 bits per heavy atom. The van der Waals surface area contributed by atoms with Crippen molar-refractivity contribution in [3.63, 3.8) is 0 Å². The van der Waals surface area contributed by atoms with Crippen molar-refractivity contribution >= 4 is 73.8 Å². The summed E-state index contributed by atoms with van der Waals surface area (Å²) in [7, 11) is 0. The van der Waals surface area contributed by atoms with Crippen LogP contribution in [0.25, 0.3) is 6.08 Å². The molecule has 0 bridgehead atoms. The molecule has 0 saturated carbocycles. The van der Waals surface area contributed by atoms with Gasteiger partial charge in [0.25, 0.3) is 5.91 Å². The lowest BCUT2D eigenvalue weighted by atomic mass is 10.1. The molecule has 1 heterocycles. The first-order valence-electron chi connectivity index (χ1n) is 9.20. The molecule has 156 valence electrons. The highest BCUT2D eigenvalue weighted by atomic mass is 127. The second kappa shape index (κ2) is 9.42. The Kier molecular flexibility index (Phi) is 6.64. The first-order valence-corrected chi connectivity index (χ1v) is 11.5. The minimum Gasteiger partial charge on any atom is -0.488 e. The predicted octanol–water partition coefficient (Wildman–Crippen LogP) is 6.38. The number of nitrogens with one attached hydrogen (secondary N) is 1. The fourth-order valence-corrected chi connectivity index (χ4v) is 3.88. The molecule has 8 heteroatoms. The Hall–Kier alpha value is -2.36. The topological polar surface area (TPSA) is 58.6 Å². The quantitative estimate of drug-likeness (QED) is 0.208. The molecule has 3 aromatic rings. The zero-order chi connectivity index (χ0) is 22.0. The van der Waals surface area contributed by atoms with Gasteiger partial charge in [0.1, 0.15) is 18.1 Å². The molecule has 31 heavy (non-hydrogen) atoms. The number of halogens is 3. The number of carbonyl (C=O) groups excluding carboxylic acids is 2. The van der Waals surface area contributed by atoms with Gasteiger partial charge in [-0.1, -0.05) is 39.7 Å². The summed E-state index contributed by atoms with van der Waals surface area (Å²) >= 11 is 11.6. The van der Waals surface area contributed by atoms with E-state index in [0.29, 0.717) is 28.6 Å². The minimum atomic E-state index is -0.519. The third-order valence-electron chi connectivity index (χ3n) is 4.54. The van der Waals surface area contributed by atoms with Crippen LogP contribution in [0, 0.1) is 3.57 Å². The number of ether oxygens (including phenoxy) is 1. The molecule has 0 radical (unpaired) electrons. The molecule has 5 nitrogen and oxygen atoms in total. The maximum Gasteiger partial charge on any atom is 0.333 e. The highest BCUT2D eigenvalue weighted by Gasteiger charge is 2.35. The van der Waals surface area contributed by atoms with E-state index < -0.39 is 11.9 Å². The van der Waals surface area contributed by atoms with Crippen LogP contribution in [0.1, 0.15) is 11.1 Å². The molecule has 0 atom stereocenters. The van der Waals surface area contributed by atoms with Crippen LogP contribution in [-0.4, -0.2) is 11.9 Å². The van der Waals surface area contributed by atoms with Crippen molar-refractivity contribution in [2.45, 2.75) is 6.61 Å². The van der Waals surface area contributed by atoms with E-state index in [-0.39, 0.29) is 5.70 Å². The van der Waals surface area contributed by atoms with Gasteiger partial charge in [0.15, 0.2) is 0 Å². The first-order chi connectivity index (χ1) is 14.9. The maximum absolute atomic E-state index is 12.9. The van der Waals surface area contributed by atoms with Crippen LogP contribution in [0.15, 0.2) is 76.9 Å². The van der Waals surface area contributed by atoms with E-state index >= 15 is 0 Å². The van der Waals surface area contributed by atoms with E-state index in [4.69, 9.17) is 16.3 Å². The van der Waals surface area contributed by atoms with Gasteiger partial charge in [0.05, 0.1) is 5.69 Å². The van der Waals surface area contributed by atoms with Gasteiger partial charge in [-0.3, -0.25) is 4.79 Å². The van der Waals surface area contributed by atoms with Gasteiger partial charge in [0.2, 0.25) is 0 Å². The normalized spacial score (nSPS) is 14.8. The summed E-state index contributed by atoms with van der Waals surface area (Å²) in [5, 5.41) is 3.16. The number of benzene rings is 3. The largest absolute Gasteiger partial charge is 0.488 e. The molecule has 0 aliphatic carbocycles. The summed E-state index contributed by atoms with van der Waals surface area (Å²) in [6.07, 6.45) is 1.62. The standard InChI is InChI=1S/C23H15BrClIN2O3/c24-16-3-10-21(31-13-14-1-6-18(26)7-2-14)15(11-16)12-20-22(29)28(23(30)27-20)19-8-4-17(25)5-9-19/h1-12H,13H2,(H,27,30)/b20-12+. The van der Waals surface area contributed by atoms with Gasteiger partial charge in [0, 0.05) is 18.6 Å². The van der Waals surface area contributed by atoms with E-state index in [1.165, 1.54) is 0 Å². The summed E-state index contributed by atoms with van der Waals surface area (Å²) in [4.78, 5) is 26.4. The molecular formula is C23H15BrClIN2O3. The molecule has 1 aliphatic rings.